The third kappa shape index (κ3) is 4.02. The van der Waals surface area contributed by atoms with Crippen molar-refractivity contribution in [1.82, 2.24) is 4.31 Å². The van der Waals surface area contributed by atoms with E-state index in [9.17, 15) is 8.42 Å². The van der Waals surface area contributed by atoms with Crippen LogP contribution in [0.15, 0.2) is 40.0 Å². The Labute approximate surface area is 137 Å². The summed E-state index contributed by atoms with van der Waals surface area (Å²) in [7, 11) is -2.05. The Balaban J connectivity index is 2.41. The van der Waals surface area contributed by atoms with Crippen LogP contribution in [0.1, 0.15) is 22.3 Å². The average Bonchev–Trinajstić information content (AvgIpc) is 3.00. The number of sulfonamides is 1. The second kappa shape index (κ2) is 7.29. The molecular weight excluding hydrogens is 314 g/mol. The van der Waals surface area contributed by atoms with Gasteiger partial charge in [0.25, 0.3) is 0 Å². The lowest BCUT2D eigenvalue weighted by molar-refractivity contribution is 0.177. The Morgan fingerprint density at radius 2 is 1.83 bits per heavy atom. The molecule has 0 fully saturated rings. The zero-order valence-corrected chi connectivity index (χ0v) is 14.8. The van der Waals surface area contributed by atoms with Crippen LogP contribution in [0.2, 0.25) is 0 Å². The average molecular weight is 337 g/mol. The van der Waals surface area contributed by atoms with Gasteiger partial charge in [0.2, 0.25) is 10.0 Å². The lowest BCUT2D eigenvalue weighted by atomic mass is 10.1. The zero-order valence-electron chi connectivity index (χ0n) is 14.0. The van der Waals surface area contributed by atoms with Crippen molar-refractivity contribution in [1.29, 1.82) is 0 Å². The molecule has 0 aliphatic heterocycles. The highest BCUT2D eigenvalue weighted by molar-refractivity contribution is 7.89. The van der Waals surface area contributed by atoms with E-state index < -0.39 is 10.0 Å². The van der Waals surface area contributed by atoms with Gasteiger partial charge in [0.05, 0.1) is 24.0 Å². The van der Waals surface area contributed by atoms with Crippen LogP contribution in [0.25, 0.3) is 0 Å². The molecule has 0 saturated carbocycles. The van der Waals surface area contributed by atoms with Crippen LogP contribution in [0.3, 0.4) is 0 Å². The molecule has 2 rings (SSSR count). The van der Waals surface area contributed by atoms with Gasteiger partial charge in [-0.1, -0.05) is 6.07 Å². The second-order valence-electron chi connectivity index (χ2n) is 5.66. The number of hydrogen-bond acceptors (Lipinski definition) is 4. The molecule has 0 aliphatic carbocycles. The third-order valence-electron chi connectivity index (χ3n) is 3.89. The van der Waals surface area contributed by atoms with E-state index in [1.807, 2.05) is 26.8 Å². The third-order valence-corrected chi connectivity index (χ3v) is 5.88. The van der Waals surface area contributed by atoms with Crippen LogP contribution in [0, 0.1) is 20.8 Å². The summed E-state index contributed by atoms with van der Waals surface area (Å²) in [5.41, 5.74) is 3.61. The predicted octanol–water partition coefficient (Wildman–Crippen LogP) is 3.04. The Kier molecular flexibility index (Phi) is 5.62. The first-order valence-electron chi connectivity index (χ1n) is 7.44. The van der Waals surface area contributed by atoms with Crippen molar-refractivity contribution in [3.8, 4) is 0 Å². The second-order valence-corrected chi connectivity index (χ2v) is 7.57. The Morgan fingerprint density at radius 3 is 2.43 bits per heavy atom. The fraction of sp³-hybridized carbons (Fsp3) is 0.412. The lowest BCUT2D eigenvalue weighted by Gasteiger charge is -2.23. The molecule has 6 heteroatoms. The van der Waals surface area contributed by atoms with E-state index in [1.54, 1.807) is 25.5 Å². The largest absolute Gasteiger partial charge is 0.472 e. The van der Waals surface area contributed by atoms with E-state index in [1.165, 1.54) is 10.6 Å². The molecular formula is C17H23NO4S. The van der Waals surface area contributed by atoms with E-state index in [4.69, 9.17) is 9.15 Å². The van der Waals surface area contributed by atoms with Gasteiger partial charge in [0.15, 0.2) is 0 Å². The molecule has 0 spiro atoms. The fourth-order valence-corrected chi connectivity index (χ4v) is 4.12. The number of benzene rings is 1. The van der Waals surface area contributed by atoms with Crippen molar-refractivity contribution < 1.29 is 17.6 Å². The molecule has 0 radical (unpaired) electrons. The number of methoxy groups -OCH3 is 1. The standard InChI is InChI=1S/C17H23NO4S/c1-13-9-15(3)17(10-14(13)2)23(19,20)18(6-8-21-4)11-16-5-7-22-12-16/h5,7,9-10,12H,6,8,11H2,1-4H3. The van der Waals surface area contributed by atoms with Crippen LogP contribution in [-0.2, 0) is 21.3 Å². The number of nitrogens with zero attached hydrogens (tertiary/aromatic N) is 1. The summed E-state index contributed by atoms with van der Waals surface area (Å²) in [6.45, 7) is 6.61. The van der Waals surface area contributed by atoms with Gasteiger partial charge in [0, 0.05) is 25.8 Å². The zero-order chi connectivity index (χ0) is 17.0. The van der Waals surface area contributed by atoms with Gasteiger partial charge in [-0.25, -0.2) is 8.42 Å². The van der Waals surface area contributed by atoms with E-state index >= 15 is 0 Å². The van der Waals surface area contributed by atoms with Crippen molar-refractivity contribution in [3.63, 3.8) is 0 Å². The van der Waals surface area contributed by atoms with Crippen molar-refractivity contribution in [3.05, 3.63) is 53.0 Å². The van der Waals surface area contributed by atoms with Gasteiger partial charge in [-0.05, 0) is 49.6 Å². The minimum atomic E-state index is -3.61. The van der Waals surface area contributed by atoms with Crippen molar-refractivity contribution in [2.45, 2.75) is 32.2 Å². The van der Waals surface area contributed by atoms with Gasteiger partial charge < -0.3 is 9.15 Å². The summed E-state index contributed by atoms with van der Waals surface area (Å²) >= 11 is 0. The Hall–Kier alpha value is -1.63. The monoisotopic (exact) mass is 337 g/mol. The number of ether oxygens (including phenoxy) is 1. The van der Waals surface area contributed by atoms with Crippen LogP contribution in [0.5, 0.6) is 0 Å². The summed E-state index contributed by atoms with van der Waals surface area (Å²) in [5.74, 6) is 0. The van der Waals surface area contributed by atoms with Crippen LogP contribution in [-0.4, -0.2) is 33.0 Å². The highest BCUT2D eigenvalue weighted by Gasteiger charge is 2.26. The molecule has 2 aromatic rings. The van der Waals surface area contributed by atoms with Crippen LogP contribution < -0.4 is 0 Å². The van der Waals surface area contributed by atoms with Gasteiger partial charge >= 0.3 is 0 Å². The Morgan fingerprint density at radius 1 is 1.13 bits per heavy atom. The maximum atomic E-state index is 13.1. The molecule has 1 aromatic carbocycles. The van der Waals surface area contributed by atoms with Crippen molar-refractivity contribution >= 4 is 10.0 Å². The van der Waals surface area contributed by atoms with Crippen LogP contribution >= 0.6 is 0 Å². The van der Waals surface area contributed by atoms with E-state index in [2.05, 4.69) is 0 Å². The molecule has 23 heavy (non-hydrogen) atoms. The summed E-state index contributed by atoms with van der Waals surface area (Å²) < 4.78 is 37.7. The number of furan rings is 1. The number of rotatable bonds is 7. The summed E-state index contributed by atoms with van der Waals surface area (Å²) in [6.07, 6.45) is 3.10. The smallest absolute Gasteiger partial charge is 0.243 e. The summed E-state index contributed by atoms with van der Waals surface area (Å²) in [4.78, 5) is 0.347. The maximum absolute atomic E-state index is 13.1. The molecule has 0 saturated heterocycles. The molecule has 0 bridgehead atoms. The first-order valence-corrected chi connectivity index (χ1v) is 8.88. The predicted molar refractivity (Wildman–Crippen MR) is 88.8 cm³/mol. The van der Waals surface area contributed by atoms with Crippen LogP contribution in [0.4, 0.5) is 0 Å². The number of aryl methyl sites for hydroxylation is 3. The molecule has 5 nitrogen and oxygen atoms in total. The Bertz CT molecular complexity index is 751. The molecule has 126 valence electrons. The highest BCUT2D eigenvalue weighted by Crippen LogP contribution is 2.24. The van der Waals surface area contributed by atoms with E-state index in [0.29, 0.717) is 11.5 Å². The van der Waals surface area contributed by atoms with E-state index in [-0.39, 0.29) is 13.1 Å². The van der Waals surface area contributed by atoms with Crippen molar-refractivity contribution in [2.75, 3.05) is 20.3 Å². The number of hydrogen-bond donors (Lipinski definition) is 0. The normalized spacial score (nSPS) is 12.0. The lowest BCUT2D eigenvalue weighted by Crippen LogP contribution is -2.34. The quantitative estimate of drug-likeness (QED) is 0.779. The molecule has 0 aliphatic rings. The SMILES string of the molecule is COCCN(Cc1ccoc1)S(=O)(=O)c1cc(C)c(C)cc1C. The van der Waals surface area contributed by atoms with Gasteiger partial charge in [-0.3, -0.25) is 0 Å². The molecule has 1 heterocycles. The first-order chi connectivity index (χ1) is 10.9. The molecule has 1 aromatic heterocycles. The van der Waals surface area contributed by atoms with Crippen molar-refractivity contribution in [2.24, 2.45) is 0 Å². The van der Waals surface area contributed by atoms with E-state index in [0.717, 1.165) is 22.3 Å². The summed E-state index contributed by atoms with van der Waals surface area (Å²) in [5, 5.41) is 0. The van der Waals surface area contributed by atoms with Gasteiger partial charge in [-0.15, -0.1) is 0 Å². The minimum Gasteiger partial charge on any atom is -0.472 e. The maximum Gasteiger partial charge on any atom is 0.243 e. The highest BCUT2D eigenvalue weighted by atomic mass is 32.2. The fourth-order valence-electron chi connectivity index (χ4n) is 2.41. The minimum absolute atomic E-state index is 0.258. The molecule has 0 unspecified atom stereocenters. The topological polar surface area (TPSA) is 59.8 Å². The molecule has 0 amide bonds. The van der Waals surface area contributed by atoms with Gasteiger partial charge in [0.1, 0.15) is 0 Å². The van der Waals surface area contributed by atoms with Gasteiger partial charge in [-0.2, -0.15) is 4.31 Å². The molecule has 0 atom stereocenters. The molecule has 0 N–H and O–H groups in total. The summed E-state index contributed by atoms with van der Waals surface area (Å²) in [6, 6.07) is 5.42. The first kappa shape index (κ1) is 17.7.